The van der Waals surface area contributed by atoms with Crippen molar-refractivity contribution in [1.29, 1.82) is 5.26 Å². The van der Waals surface area contributed by atoms with Gasteiger partial charge < -0.3 is 5.32 Å². The highest BCUT2D eigenvalue weighted by atomic mass is 79.9. The number of rotatable bonds is 2. The number of halogens is 1. The molecule has 1 N–H and O–H groups in total. The standard InChI is InChI=1S/C9H9BrN2/c1-7-2-3-8(10)9(6-7)12-5-4-11/h2-3,6,12H,5H2,1H3. The fourth-order valence-electron chi connectivity index (χ4n) is 0.909. The first-order chi connectivity index (χ1) is 5.74. The minimum atomic E-state index is 0.335. The van der Waals surface area contributed by atoms with Gasteiger partial charge in [-0.2, -0.15) is 5.26 Å². The van der Waals surface area contributed by atoms with Crippen LogP contribution < -0.4 is 5.32 Å². The number of benzene rings is 1. The molecule has 0 atom stereocenters. The Morgan fingerprint density at radius 3 is 3.00 bits per heavy atom. The fraction of sp³-hybridized carbons (Fsp3) is 0.222. The van der Waals surface area contributed by atoms with Gasteiger partial charge in [-0.15, -0.1) is 0 Å². The molecular weight excluding hydrogens is 216 g/mol. The van der Waals surface area contributed by atoms with Gasteiger partial charge in [0.15, 0.2) is 0 Å². The third-order valence-electron chi connectivity index (χ3n) is 1.48. The zero-order valence-corrected chi connectivity index (χ0v) is 8.35. The highest BCUT2D eigenvalue weighted by Crippen LogP contribution is 2.22. The highest BCUT2D eigenvalue weighted by Gasteiger charge is 1.97. The molecule has 0 radical (unpaired) electrons. The maximum Gasteiger partial charge on any atom is 0.103 e. The lowest BCUT2D eigenvalue weighted by atomic mass is 10.2. The van der Waals surface area contributed by atoms with E-state index in [1.54, 1.807) is 0 Å². The summed E-state index contributed by atoms with van der Waals surface area (Å²) >= 11 is 3.39. The molecule has 62 valence electrons. The molecule has 0 unspecified atom stereocenters. The summed E-state index contributed by atoms with van der Waals surface area (Å²) in [6, 6.07) is 8.02. The van der Waals surface area contributed by atoms with Crippen molar-refractivity contribution in [3.8, 4) is 6.07 Å². The van der Waals surface area contributed by atoms with E-state index < -0.39 is 0 Å². The van der Waals surface area contributed by atoms with Crippen molar-refractivity contribution in [2.45, 2.75) is 6.92 Å². The molecule has 0 heterocycles. The van der Waals surface area contributed by atoms with E-state index in [2.05, 4.69) is 21.2 Å². The van der Waals surface area contributed by atoms with Gasteiger partial charge in [-0.05, 0) is 40.5 Å². The maximum absolute atomic E-state index is 8.36. The van der Waals surface area contributed by atoms with E-state index in [-0.39, 0.29) is 0 Å². The molecule has 1 rings (SSSR count). The first kappa shape index (κ1) is 9.08. The summed E-state index contributed by atoms with van der Waals surface area (Å²) in [5.41, 5.74) is 2.15. The van der Waals surface area contributed by atoms with E-state index in [1.807, 2.05) is 31.2 Å². The summed E-state index contributed by atoms with van der Waals surface area (Å²) in [6.45, 7) is 2.35. The molecule has 0 aliphatic heterocycles. The summed E-state index contributed by atoms with van der Waals surface area (Å²) < 4.78 is 0.989. The average Bonchev–Trinajstić information content (AvgIpc) is 2.07. The van der Waals surface area contributed by atoms with Gasteiger partial charge in [0.05, 0.1) is 6.07 Å². The molecular formula is C9H9BrN2. The highest BCUT2D eigenvalue weighted by molar-refractivity contribution is 9.10. The van der Waals surface area contributed by atoms with Crippen LogP contribution in [0.25, 0.3) is 0 Å². The minimum Gasteiger partial charge on any atom is -0.371 e. The number of aryl methyl sites for hydroxylation is 1. The number of nitrogens with one attached hydrogen (secondary N) is 1. The molecule has 1 aromatic carbocycles. The molecule has 0 bridgehead atoms. The molecule has 0 saturated carbocycles. The molecule has 12 heavy (non-hydrogen) atoms. The zero-order valence-electron chi connectivity index (χ0n) is 6.76. The molecule has 0 saturated heterocycles. The molecule has 0 aliphatic rings. The topological polar surface area (TPSA) is 35.8 Å². The van der Waals surface area contributed by atoms with E-state index in [0.717, 1.165) is 10.2 Å². The number of anilines is 1. The zero-order chi connectivity index (χ0) is 8.97. The van der Waals surface area contributed by atoms with Gasteiger partial charge in [-0.3, -0.25) is 0 Å². The monoisotopic (exact) mass is 224 g/mol. The van der Waals surface area contributed by atoms with Gasteiger partial charge in [0.1, 0.15) is 6.54 Å². The largest absolute Gasteiger partial charge is 0.371 e. The van der Waals surface area contributed by atoms with Gasteiger partial charge >= 0.3 is 0 Å². The summed E-state index contributed by atoms with van der Waals surface area (Å²) in [5, 5.41) is 11.4. The Hall–Kier alpha value is -1.01. The molecule has 0 amide bonds. The predicted octanol–water partition coefficient (Wildman–Crippen LogP) is 2.69. The predicted molar refractivity (Wildman–Crippen MR) is 53.0 cm³/mol. The third kappa shape index (κ3) is 2.24. The molecule has 3 heteroatoms. The number of hydrogen-bond acceptors (Lipinski definition) is 2. The van der Waals surface area contributed by atoms with Gasteiger partial charge in [0.2, 0.25) is 0 Å². The van der Waals surface area contributed by atoms with Crippen molar-refractivity contribution in [3.05, 3.63) is 28.2 Å². The van der Waals surface area contributed by atoms with Crippen LogP contribution in [0.2, 0.25) is 0 Å². The lowest BCUT2D eigenvalue weighted by Gasteiger charge is -2.05. The second-order valence-corrected chi connectivity index (χ2v) is 3.35. The second kappa shape index (κ2) is 4.13. The fourth-order valence-corrected chi connectivity index (χ4v) is 1.30. The number of nitriles is 1. The van der Waals surface area contributed by atoms with E-state index in [1.165, 1.54) is 5.56 Å². The van der Waals surface area contributed by atoms with Crippen molar-refractivity contribution in [1.82, 2.24) is 0 Å². The average molecular weight is 225 g/mol. The van der Waals surface area contributed by atoms with E-state index >= 15 is 0 Å². The molecule has 0 aliphatic carbocycles. The van der Waals surface area contributed by atoms with Crippen LogP contribution in [0.1, 0.15) is 5.56 Å². The molecule has 0 spiro atoms. The second-order valence-electron chi connectivity index (χ2n) is 2.49. The van der Waals surface area contributed by atoms with Crippen LogP contribution in [-0.2, 0) is 0 Å². The maximum atomic E-state index is 8.36. The Morgan fingerprint density at radius 2 is 2.33 bits per heavy atom. The first-order valence-electron chi connectivity index (χ1n) is 3.61. The van der Waals surface area contributed by atoms with Gasteiger partial charge in [-0.25, -0.2) is 0 Å². The quantitative estimate of drug-likeness (QED) is 0.785. The molecule has 0 fully saturated rings. The van der Waals surface area contributed by atoms with Gasteiger partial charge in [0.25, 0.3) is 0 Å². The van der Waals surface area contributed by atoms with E-state index in [4.69, 9.17) is 5.26 Å². The Bertz CT molecular complexity index is 315. The summed E-state index contributed by atoms with van der Waals surface area (Å²) in [7, 11) is 0. The normalized spacial score (nSPS) is 9.08. The van der Waals surface area contributed by atoms with Crippen LogP contribution in [0.15, 0.2) is 22.7 Å². The Morgan fingerprint density at radius 1 is 1.58 bits per heavy atom. The van der Waals surface area contributed by atoms with Crippen LogP contribution in [0, 0.1) is 18.3 Å². The van der Waals surface area contributed by atoms with Crippen molar-refractivity contribution in [2.24, 2.45) is 0 Å². The van der Waals surface area contributed by atoms with Crippen LogP contribution >= 0.6 is 15.9 Å². The van der Waals surface area contributed by atoms with E-state index in [9.17, 15) is 0 Å². The Kier molecular flexibility index (Phi) is 3.12. The van der Waals surface area contributed by atoms with Crippen LogP contribution in [0.3, 0.4) is 0 Å². The van der Waals surface area contributed by atoms with Gasteiger partial charge in [-0.1, -0.05) is 6.07 Å². The van der Waals surface area contributed by atoms with Crippen LogP contribution in [0.5, 0.6) is 0 Å². The lowest BCUT2D eigenvalue weighted by Crippen LogP contribution is -1.98. The summed E-state index contributed by atoms with van der Waals surface area (Å²) in [6.07, 6.45) is 0. The Labute approximate surface area is 80.3 Å². The minimum absolute atomic E-state index is 0.335. The van der Waals surface area contributed by atoms with Crippen molar-refractivity contribution in [2.75, 3.05) is 11.9 Å². The Balaban J connectivity index is 2.84. The molecule has 2 nitrogen and oxygen atoms in total. The van der Waals surface area contributed by atoms with Crippen molar-refractivity contribution < 1.29 is 0 Å². The van der Waals surface area contributed by atoms with Crippen LogP contribution in [-0.4, -0.2) is 6.54 Å². The lowest BCUT2D eigenvalue weighted by molar-refractivity contribution is 1.30. The third-order valence-corrected chi connectivity index (χ3v) is 2.17. The van der Waals surface area contributed by atoms with Gasteiger partial charge in [0, 0.05) is 10.2 Å². The van der Waals surface area contributed by atoms with Crippen molar-refractivity contribution in [3.63, 3.8) is 0 Å². The smallest absolute Gasteiger partial charge is 0.103 e. The first-order valence-corrected chi connectivity index (χ1v) is 4.40. The summed E-state index contributed by atoms with van der Waals surface area (Å²) in [5.74, 6) is 0. The van der Waals surface area contributed by atoms with Crippen molar-refractivity contribution >= 4 is 21.6 Å². The molecule has 0 aromatic heterocycles. The number of hydrogen-bond donors (Lipinski definition) is 1. The van der Waals surface area contributed by atoms with E-state index in [0.29, 0.717) is 6.54 Å². The number of nitrogens with zero attached hydrogens (tertiary/aromatic N) is 1. The summed E-state index contributed by atoms with van der Waals surface area (Å²) in [4.78, 5) is 0. The molecule has 1 aromatic rings. The van der Waals surface area contributed by atoms with Crippen LogP contribution in [0.4, 0.5) is 5.69 Å². The SMILES string of the molecule is Cc1ccc(Br)c(NCC#N)c1.